The lowest BCUT2D eigenvalue weighted by Crippen LogP contribution is -2.38. The Morgan fingerprint density at radius 2 is 1.85 bits per heavy atom. The zero-order valence-corrected chi connectivity index (χ0v) is 21.1. The minimum absolute atomic E-state index is 0.00336. The minimum atomic E-state index is -0.832. The fourth-order valence-corrected chi connectivity index (χ4v) is 4.46. The Labute approximate surface area is 208 Å². The molecule has 3 rings (SSSR count). The molecule has 0 spiro atoms. The van der Waals surface area contributed by atoms with Gasteiger partial charge in [0.2, 0.25) is 0 Å². The number of carbonyl (C=O) groups is 2. The monoisotopic (exact) mass is 528 g/mol. The van der Waals surface area contributed by atoms with E-state index in [1.165, 1.54) is 18.1 Å². The van der Waals surface area contributed by atoms with Crippen LogP contribution >= 0.6 is 15.9 Å². The summed E-state index contributed by atoms with van der Waals surface area (Å²) in [4.78, 5) is 30.0. The van der Waals surface area contributed by atoms with E-state index in [1.807, 2.05) is 44.2 Å². The fourth-order valence-electron chi connectivity index (χ4n) is 4.00. The third-order valence-electron chi connectivity index (χ3n) is 5.93. The molecule has 1 heterocycles. The number of amides is 1. The first-order valence-electron chi connectivity index (χ1n) is 11.1. The Bertz CT molecular complexity index is 1110. The van der Waals surface area contributed by atoms with Crippen LogP contribution < -0.4 is 4.74 Å². The highest BCUT2D eigenvalue weighted by Crippen LogP contribution is 2.43. The average molecular weight is 529 g/mol. The molecule has 1 aliphatic rings. The van der Waals surface area contributed by atoms with Gasteiger partial charge in [0.05, 0.1) is 23.2 Å². The molecule has 1 aliphatic heterocycles. The van der Waals surface area contributed by atoms with Crippen molar-refractivity contribution >= 4 is 33.7 Å². The van der Waals surface area contributed by atoms with Crippen molar-refractivity contribution < 1.29 is 24.5 Å². The third-order valence-corrected chi connectivity index (χ3v) is 6.54. The summed E-state index contributed by atoms with van der Waals surface area (Å²) in [7, 11) is 1.42. The molecule has 34 heavy (non-hydrogen) atoms. The van der Waals surface area contributed by atoms with Gasteiger partial charge in [-0.15, -0.1) is 0 Å². The summed E-state index contributed by atoms with van der Waals surface area (Å²) in [5, 5.41) is 21.0. The van der Waals surface area contributed by atoms with E-state index in [0.717, 1.165) is 18.7 Å². The summed E-state index contributed by atoms with van der Waals surface area (Å²) in [5.74, 6) is -1.52. The number of ether oxygens (including phenoxy) is 1. The highest BCUT2D eigenvalue weighted by Gasteiger charge is 2.43. The van der Waals surface area contributed by atoms with Gasteiger partial charge in [-0.05, 0) is 58.4 Å². The third kappa shape index (κ3) is 5.34. The maximum absolute atomic E-state index is 13.3. The lowest BCUT2D eigenvalue weighted by Gasteiger charge is -2.29. The number of hydrogen-bond acceptors (Lipinski definition) is 6. The molecule has 7 nitrogen and oxygen atoms in total. The molecular weight excluding hydrogens is 500 g/mol. The summed E-state index contributed by atoms with van der Waals surface area (Å²) < 4.78 is 5.64. The molecule has 2 aromatic carbocycles. The molecule has 2 N–H and O–H groups in total. The van der Waals surface area contributed by atoms with Gasteiger partial charge in [-0.1, -0.05) is 50.3 Å². The molecule has 1 amide bonds. The van der Waals surface area contributed by atoms with E-state index in [9.17, 15) is 19.8 Å². The van der Waals surface area contributed by atoms with Crippen LogP contribution in [0, 0.1) is 0 Å². The number of aliphatic hydroxyl groups excluding tert-OH is 1. The van der Waals surface area contributed by atoms with Crippen LogP contribution in [0.15, 0.2) is 64.3 Å². The highest BCUT2D eigenvalue weighted by molar-refractivity contribution is 9.10. The molecule has 2 aromatic rings. The Balaban J connectivity index is 2.04. The number of carbonyl (C=O) groups excluding carboxylic acids is 2. The van der Waals surface area contributed by atoms with Crippen LogP contribution in [0.5, 0.6) is 11.5 Å². The van der Waals surface area contributed by atoms with Crippen LogP contribution in [0.4, 0.5) is 0 Å². The Hall–Kier alpha value is -3.10. The van der Waals surface area contributed by atoms with Crippen molar-refractivity contribution in [3.05, 3.63) is 75.5 Å². The molecule has 8 heteroatoms. The second-order valence-corrected chi connectivity index (χ2v) is 8.71. The zero-order valence-electron chi connectivity index (χ0n) is 19.5. The first-order chi connectivity index (χ1) is 16.3. The average Bonchev–Trinajstić information content (AvgIpc) is 3.10. The fraction of sp³-hybridized carbons (Fsp3) is 0.308. The zero-order chi connectivity index (χ0) is 24.8. The van der Waals surface area contributed by atoms with E-state index in [1.54, 1.807) is 18.2 Å². The molecule has 0 saturated heterocycles. The van der Waals surface area contributed by atoms with E-state index < -0.39 is 23.5 Å². The number of nitrogens with zero attached hydrogens (tertiary/aromatic N) is 2. The standard InChI is InChI=1S/C26H29BrN2O5/c1-4-28(5-2)13-14-29-23(18-15-19(27)24(31)21(16-18)34-3)22(25(32)26(29)33)20(30)12-11-17-9-7-6-8-10-17/h6-12,15-16,23,31-32H,4-5,13-14H2,1-3H3. The number of phenols is 1. The summed E-state index contributed by atoms with van der Waals surface area (Å²) in [6, 6.07) is 11.7. The number of aliphatic hydroxyl groups is 1. The molecule has 0 bridgehead atoms. The van der Waals surface area contributed by atoms with Crippen molar-refractivity contribution in [2.45, 2.75) is 19.9 Å². The molecule has 180 valence electrons. The number of hydrogen-bond donors (Lipinski definition) is 2. The highest BCUT2D eigenvalue weighted by atomic mass is 79.9. The van der Waals surface area contributed by atoms with Gasteiger partial charge in [0, 0.05) is 13.1 Å². The molecule has 1 atom stereocenters. The Kier molecular flexibility index (Phi) is 8.52. The van der Waals surface area contributed by atoms with Gasteiger partial charge in [-0.2, -0.15) is 0 Å². The summed E-state index contributed by atoms with van der Waals surface area (Å²) in [6.07, 6.45) is 3.01. The second kappa shape index (κ2) is 11.4. The van der Waals surface area contributed by atoms with E-state index >= 15 is 0 Å². The van der Waals surface area contributed by atoms with E-state index in [-0.39, 0.29) is 17.1 Å². The van der Waals surface area contributed by atoms with Gasteiger partial charge in [-0.25, -0.2) is 0 Å². The van der Waals surface area contributed by atoms with Crippen molar-refractivity contribution in [1.82, 2.24) is 9.80 Å². The Morgan fingerprint density at radius 1 is 1.18 bits per heavy atom. The quantitative estimate of drug-likeness (QED) is 0.441. The van der Waals surface area contributed by atoms with Crippen molar-refractivity contribution in [3.63, 3.8) is 0 Å². The lowest BCUT2D eigenvalue weighted by molar-refractivity contribution is -0.129. The lowest BCUT2D eigenvalue weighted by atomic mass is 9.95. The number of aromatic hydroxyl groups is 1. The number of rotatable bonds is 10. The summed E-state index contributed by atoms with van der Waals surface area (Å²) >= 11 is 3.32. The van der Waals surface area contributed by atoms with Crippen LogP contribution in [0.2, 0.25) is 0 Å². The molecule has 0 radical (unpaired) electrons. The van der Waals surface area contributed by atoms with E-state index in [4.69, 9.17) is 4.74 Å². The predicted octanol–water partition coefficient (Wildman–Crippen LogP) is 4.48. The topological polar surface area (TPSA) is 90.3 Å². The number of methoxy groups -OCH3 is 1. The van der Waals surface area contributed by atoms with Crippen LogP contribution in [-0.2, 0) is 9.59 Å². The minimum Gasteiger partial charge on any atom is -0.503 e. The first-order valence-corrected chi connectivity index (χ1v) is 11.9. The summed E-state index contributed by atoms with van der Waals surface area (Å²) in [5.41, 5.74) is 1.36. The van der Waals surface area contributed by atoms with Gasteiger partial charge < -0.3 is 24.7 Å². The van der Waals surface area contributed by atoms with Crippen LogP contribution in [0.3, 0.4) is 0 Å². The van der Waals surface area contributed by atoms with Crippen molar-refractivity contribution in [2.75, 3.05) is 33.3 Å². The van der Waals surface area contributed by atoms with Gasteiger partial charge in [0.25, 0.3) is 5.91 Å². The summed E-state index contributed by atoms with van der Waals surface area (Å²) in [6.45, 7) is 6.59. The number of ketones is 1. The van der Waals surface area contributed by atoms with Crippen molar-refractivity contribution in [3.8, 4) is 11.5 Å². The first kappa shape index (κ1) is 25.5. The second-order valence-electron chi connectivity index (χ2n) is 7.85. The number of halogens is 1. The van der Waals surface area contributed by atoms with Crippen LogP contribution in [0.25, 0.3) is 6.08 Å². The molecule has 0 saturated carbocycles. The normalized spacial score (nSPS) is 16.2. The molecule has 0 aliphatic carbocycles. The number of benzene rings is 2. The van der Waals surface area contributed by atoms with Gasteiger partial charge >= 0.3 is 0 Å². The number of likely N-dealkylation sites (N-methyl/N-ethyl adjacent to an activating group) is 1. The molecule has 1 unspecified atom stereocenters. The molecule has 0 fully saturated rings. The number of phenolic OH excluding ortho intramolecular Hbond substituents is 1. The van der Waals surface area contributed by atoms with Crippen LogP contribution in [-0.4, -0.2) is 65.0 Å². The SMILES string of the molecule is CCN(CC)CCN1C(=O)C(O)=C(C(=O)C=Cc2ccccc2)C1c1cc(Br)c(O)c(OC)c1. The van der Waals surface area contributed by atoms with Crippen LogP contribution in [0.1, 0.15) is 31.0 Å². The van der Waals surface area contributed by atoms with E-state index in [2.05, 4.69) is 20.8 Å². The van der Waals surface area contributed by atoms with Crippen molar-refractivity contribution in [2.24, 2.45) is 0 Å². The molecular formula is C26H29BrN2O5. The predicted molar refractivity (Wildman–Crippen MR) is 135 cm³/mol. The van der Waals surface area contributed by atoms with Crippen molar-refractivity contribution in [1.29, 1.82) is 0 Å². The smallest absolute Gasteiger partial charge is 0.290 e. The maximum atomic E-state index is 13.3. The maximum Gasteiger partial charge on any atom is 0.290 e. The number of allylic oxidation sites excluding steroid dienone is 1. The Morgan fingerprint density at radius 3 is 2.47 bits per heavy atom. The van der Waals surface area contributed by atoms with E-state index in [0.29, 0.717) is 23.1 Å². The largest absolute Gasteiger partial charge is 0.503 e. The van der Waals surface area contributed by atoms with Gasteiger partial charge in [0.15, 0.2) is 23.0 Å². The van der Waals surface area contributed by atoms with Gasteiger partial charge in [0.1, 0.15) is 0 Å². The van der Waals surface area contributed by atoms with Gasteiger partial charge in [-0.3, -0.25) is 9.59 Å². The molecule has 0 aromatic heterocycles.